The molecule has 5 heteroatoms. The number of carbonyl (C=O) groups excluding carboxylic acids is 2. The van der Waals surface area contributed by atoms with Crippen LogP contribution in [0, 0.1) is 12.7 Å². The van der Waals surface area contributed by atoms with Crippen molar-refractivity contribution >= 4 is 29.1 Å². The minimum Gasteiger partial charge on any atom is -0.322 e. The molecular weight excluding hydrogens is 361 g/mol. The summed E-state index contributed by atoms with van der Waals surface area (Å²) in [6.45, 7) is 1.94. The van der Waals surface area contributed by atoms with Crippen molar-refractivity contribution in [2.24, 2.45) is 0 Å². The Morgan fingerprint density at radius 3 is 2.41 bits per heavy atom. The van der Waals surface area contributed by atoms with Gasteiger partial charge in [-0.15, -0.1) is 11.8 Å². The first-order valence-corrected chi connectivity index (χ1v) is 9.39. The van der Waals surface area contributed by atoms with Crippen molar-refractivity contribution in [2.45, 2.75) is 11.8 Å². The van der Waals surface area contributed by atoms with Crippen molar-refractivity contribution in [3.8, 4) is 0 Å². The lowest BCUT2D eigenvalue weighted by molar-refractivity contribution is 0.101. The zero-order valence-electron chi connectivity index (χ0n) is 14.7. The highest BCUT2D eigenvalue weighted by molar-refractivity contribution is 8.00. The molecular formula is C22H18FNO2S. The van der Waals surface area contributed by atoms with Crippen molar-refractivity contribution in [1.82, 2.24) is 0 Å². The number of thioether (sulfide) groups is 1. The van der Waals surface area contributed by atoms with Crippen molar-refractivity contribution in [1.29, 1.82) is 0 Å². The zero-order chi connectivity index (χ0) is 19.2. The molecule has 0 atom stereocenters. The predicted octanol–water partition coefficient (Wildman–Crippen LogP) is 5.36. The van der Waals surface area contributed by atoms with E-state index in [2.05, 4.69) is 5.32 Å². The van der Waals surface area contributed by atoms with Gasteiger partial charge in [-0.3, -0.25) is 9.59 Å². The van der Waals surface area contributed by atoms with Gasteiger partial charge in [-0.25, -0.2) is 4.39 Å². The molecule has 27 heavy (non-hydrogen) atoms. The minimum absolute atomic E-state index is 0.0748. The topological polar surface area (TPSA) is 46.2 Å². The average molecular weight is 379 g/mol. The molecule has 3 aromatic rings. The van der Waals surface area contributed by atoms with Gasteiger partial charge < -0.3 is 5.32 Å². The van der Waals surface area contributed by atoms with Crippen LogP contribution in [-0.2, 0) is 0 Å². The smallest absolute Gasteiger partial charge is 0.255 e. The Kier molecular flexibility index (Phi) is 6.04. The summed E-state index contributed by atoms with van der Waals surface area (Å²) in [4.78, 5) is 25.4. The molecule has 0 radical (unpaired) electrons. The maximum atomic E-state index is 12.9. The number of aryl methyl sites for hydroxylation is 1. The molecule has 0 unspecified atom stereocenters. The minimum atomic E-state index is -0.365. The van der Waals surface area contributed by atoms with Crippen LogP contribution in [-0.4, -0.2) is 17.4 Å². The lowest BCUT2D eigenvalue weighted by atomic mass is 10.1. The first kappa shape index (κ1) is 18.9. The third-order valence-electron chi connectivity index (χ3n) is 3.91. The Labute approximate surface area is 161 Å². The van der Waals surface area contributed by atoms with Crippen LogP contribution in [0.5, 0.6) is 0 Å². The van der Waals surface area contributed by atoms with Gasteiger partial charge in [0.25, 0.3) is 5.91 Å². The number of halogens is 1. The van der Waals surface area contributed by atoms with Crippen LogP contribution < -0.4 is 5.32 Å². The molecule has 0 aromatic heterocycles. The van der Waals surface area contributed by atoms with Gasteiger partial charge in [-0.05, 0) is 61.5 Å². The normalized spacial score (nSPS) is 10.4. The van der Waals surface area contributed by atoms with E-state index in [9.17, 15) is 14.0 Å². The van der Waals surface area contributed by atoms with E-state index in [0.29, 0.717) is 16.8 Å². The van der Waals surface area contributed by atoms with Gasteiger partial charge in [0, 0.05) is 21.7 Å². The summed E-state index contributed by atoms with van der Waals surface area (Å²) in [5.74, 6) is -0.380. The van der Waals surface area contributed by atoms with Gasteiger partial charge in [-0.1, -0.05) is 23.8 Å². The molecule has 3 nitrogen and oxygen atoms in total. The third kappa shape index (κ3) is 5.28. The summed E-state index contributed by atoms with van der Waals surface area (Å²) in [7, 11) is 0. The molecule has 0 aliphatic heterocycles. The molecule has 136 valence electrons. The number of ketones is 1. The summed E-state index contributed by atoms with van der Waals surface area (Å²) in [5.41, 5.74) is 2.76. The number of rotatable bonds is 6. The highest BCUT2D eigenvalue weighted by Gasteiger charge is 2.09. The van der Waals surface area contributed by atoms with Crippen molar-refractivity contribution < 1.29 is 14.0 Å². The highest BCUT2D eigenvalue weighted by atomic mass is 32.2. The standard InChI is InChI=1S/C22H18FNO2S/c1-15-4-2-5-17(12-15)22(26)24-19-6-3-7-20(13-19)27-14-21(25)16-8-10-18(23)11-9-16/h2-13H,14H2,1H3,(H,24,26). The molecule has 3 rings (SSSR count). The predicted molar refractivity (Wildman–Crippen MR) is 107 cm³/mol. The van der Waals surface area contributed by atoms with E-state index in [-0.39, 0.29) is 23.3 Å². The molecule has 1 amide bonds. The monoisotopic (exact) mass is 379 g/mol. The van der Waals surface area contributed by atoms with E-state index in [1.54, 1.807) is 12.1 Å². The number of benzene rings is 3. The quantitative estimate of drug-likeness (QED) is 0.463. The van der Waals surface area contributed by atoms with E-state index in [0.717, 1.165) is 10.5 Å². The van der Waals surface area contributed by atoms with Gasteiger partial charge in [-0.2, -0.15) is 0 Å². The second-order valence-corrected chi connectivity index (χ2v) is 7.12. The summed E-state index contributed by atoms with van der Waals surface area (Å²) in [6, 6.07) is 20.2. The van der Waals surface area contributed by atoms with Crippen LogP contribution in [0.25, 0.3) is 0 Å². The van der Waals surface area contributed by atoms with Crippen molar-refractivity contribution in [3.63, 3.8) is 0 Å². The van der Waals surface area contributed by atoms with Crippen LogP contribution in [0.4, 0.5) is 10.1 Å². The first-order valence-electron chi connectivity index (χ1n) is 8.41. The summed E-state index contributed by atoms with van der Waals surface area (Å²) < 4.78 is 12.9. The fourth-order valence-corrected chi connectivity index (χ4v) is 3.37. The van der Waals surface area contributed by atoms with Gasteiger partial charge in [0.05, 0.1) is 5.75 Å². The Balaban J connectivity index is 1.62. The number of Topliss-reactive ketones (excluding diaryl/α,β-unsaturated/α-hetero) is 1. The lowest BCUT2D eigenvalue weighted by Crippen LogP contribution is -2.11. The van der Waals surface area contributed by atoms with Crippen molar-refractivity contribution in [3.05, 3.63) is 95.3 Å². The number of hydrogen-bond acceptors (Lipinski definition) is 3. The molecule has 0 aliphatic rings. The fraction of sp³-hybridized carbons (Fsp3) is 0.0909. The Morgan fingerprint density at radius 2 is 1.67 bits per heavy atom. The SMILES string of the molecule is Cc1cccc(C(=O)Nc2cccc(SCC(=O)c3ccc(F)cc3)c2)c1. The zero-order valence-corrected chi connectivity index (χ0v) is 15.6. The van der Waals surface area contributed by atoms with Gasteiger partial charge in [0.1, 0.15) is 5.82 Å². The van der Waals surface area contributed by atoms with Gasteiger partial charge >= 0.3 is 0 Å². The molecule has 0 aliphatic carbocycles. The highest BCUT2D eigenvalue weighted by Crippen LogP contribution is 2.23. The van der Waals surface area contributed by atoms with Crippen LogP contribution >= 0.6 is 11.8 Å². The number of anilines is 1. The van der Waals surface area contributed by atoms with E-state index in [1.807, 2.05) is 43.3 Å². The lowest BCUT2D eigenvalue weighted by Gasteiger charge is -2.08. The van der Waals surface area contributed by atoms with E-state index < -0.39 is 0 Å². The number of hydrogen-bond donors (Lipinski definition) is 1. The van der Waals surface area contributed by atoms with Crippen LogP contribution in [0.15, 0.2) is 77.7 Å². The molecule has 0 saturated carbocycles. The molecule has 0 bridgehead atoms. The second-order valence-electron chi connectivity index (χ2n) is 6.07. The molecule has 0 saturated heterocycles. The van der Waals surface area contributed by atoms with Crippen molar-refractivity contribution in [2.75, 3.05) is 11.1 Å². The number of amides is 1. The fourth-order valence-electron chi connectivity index (χ4n) is 2.52. The molecule has 1 N–H and O–H groups in total. The van der Waals surface area contributed by atoms with Crippen LogP contribution in [0.2, 0.25) is 0 Å². The van der Waals surface area contributed by atoms with E-state index in [4.69, 9.17) is 0 Å². The second kappa shape index (κ2) is 8.64. The third-order valence-corrected chi connectivity index (χ3v) is 4.90. The average Bonchev–Trinajstić information content (AvgIpc) is 2.67. The molecule has 0 spiro atoms. The molecule has 0 heterocycles. The summed E-state index contributed by atoms with van der Waals surface area (Å²) >= 11 is 1.37. The Bertz CT molecular complexity index is 970. The first-order chi connectivity index (χ1) is 13.0. The van der Waals surface area contributed by atoms with Gasteiger partial charge in [0.15, 0.2) is 5.78 Å². The maximum Gasteiger partial charge on any atom is 0.255 e. The molecule has 3 aromatic carbocycles. The summed E-state index contributed by atoms with van der Waals surface area (Å²) in [6.07, 6.45) is 0. The van der Waals surface area contributed by atoms with Crippen LogP contribution in [0.1, 0.15) is 26.3 Å². The largest absolute Gasteiger partial charge is 0.322 e. The van der Waals surface area contributed by atoms with E-state index >= 15 is 0 Å². The summed E-state index contributed by atoms with van der Waals surface area (Å²) in [5, 5.41) is 2.87. The molecule has 0 fully saturated rings. The van der Waals surface area contributed by atoms with Gasteiger partial charge in [0.2, 0.25) is 0 Å². The van der Waals surface area contributed by atoms with Crippen LogP contribution in [0.3, 0.4) is 0 Å². The number of carbonyl (C=O) groups is 2. The number of nitrogens with one attached hydrogen (secondary N) is 1. The van der Waals surface area contributed by atoms with E-state index in [1.165, 1.54) is 36.0 Å². The maximum absolute atomic E-state index is 12.9. The Hall–Kier alpha value is -2.92. The Morgan fingerprint density at radius 1 is 0.926 bits per heavy atom.